The molecule has 0 radical (unpaired) electrons. The van der Waals surface area contributed by atoms with E-state index in [9.17, 15) is 0 Å². The Morgan fingerprint density at radius 1 is 0.630 bits per heavy atom. The summed E-state index contributed by atoms with van der Waals surface area (Å²) in [5.74, 6) is 1.23. The number of rotatable bonds is 23. The van der Waals surface area contributed by atoms with E-state index >= 15 is 0 Å². The summed E-state index contributed by atoms with van der Waals surface area (Å²) in [6.45, 7) is 7.67. The summed E-state index contributed by atoms with van der Waals surface area (Å²) in [7, 11) is 0. The highest BCUT2D eigenvalue weighted by atomic mass is 32.2. The SMILES string of the molecule is CCCCCCCCCCCCCCCCSNCCN(CCN)CCN. The minimum Gasteiger partial charge on any atom is -0.329 e. The summed E-state index contributed by atoms with van der Waals surface area (Å²) < 4.78 is 3.47. The van der Waals surface area contributed by atoms with Gasteiger partial charge >= 0.3 is 0 Å². The minimum atomic E-state index is 0.714. The maximum atomic E-state index is 5.62. The van der Waals surface area contributed by atoms with Crippen LogP contribution in [0.5, 0.6) is 0 Å². The van der Waals surface area contributed by atoms with E-state index in [1.807, 2.05) is 11.9 Å². The molecular formula is C22H50N4S. The summed E-state index contributed by atoms with van der Waals surface area (Å²) in [5, 5.41) is 0. The van der Waals surface area contributed by atoms with E-state index < -0.39 is 0 Å². The lowest BCUT2D eigenvalue weighted by Crippen LogP contribution is -2.37. The van der Waals surface area contributed by atoms with Crippen LogP contribution < -0.4 is 16.2 Å². The summed E-state index contributed by atoms with van der Waals surface area (Å²) in [6, 6.07) is 0. The van der Waals surface area contributed by atoms with Crippen molar-refractivity contribution >= 4 is 11.9 Å². The molecular weight excluding hydrogens is 352 g/mol. The largest absolute Gasteiger partial charge is 0.329 e. The standard InChI is InChI=1S/C22H50N4S/c1-2-3-4-5-6-7-8-9-10-11-12-13-14-15-22-27-25-18-21-26(19-16-23)20-17-24/h25H,2-24H2,1H3. The molecule has 0 aliphatic carbocycles. The van der Waals surface area contributed by atoms with Crippen LogP contribution in [0, 0.1) is 0 Å². The van der Waals surface area contributed by atoms with E-state index in [0.29, 0.717) is 13.1 Å². The molecule has 5 heteroatoms. The second-order valence-electron chi connectivity index (χ2n) is 7.76. The van der Waals surface area contributed by atoms with Crippen LogP contribution >= 0.6 is 11.9 Å². The Kier molecular flexibility index (Phi) is 24.4. The zero-order chi connectivity index (χ0) is 19.8. The first-order valence-corrected chi connectivity index (χ1v) is 12.8. The molecule has 5 N–H and O–H groups in total. The van der Waals surface area contributed by atoms with Gasteiger partial charge in [-0.3, -0.25) is 9.62 Å². The van der Waals surface area contributed by atoms with Crippen molar-refractivity contribution < 1.29 is 0 Å². The van der Waals surface area contributed by atoms with Crippen LogP contribution in [0.4, 0.5) is 0 Å². The van der Waals surface area contributed by atoms with Crippen LogP contribution in [0.1, 0.15) is 96.8 Å². The lowest BCUT2D eigenvalue weighted by Gasteiger charge is -2.20. The van der Waals surface area contributed by atoms with Crippen molar-refractivity contribution in [1.29, 1.82) is 0 Å². The van der Waals surface area contributed by atoms with Crippen molar-refractivity contribution in [3.8, 4) is 0 Å². The third-order valence-electron chi connectivity index (χ3n) is 5.12. The molecule has 0 heterocycles. The van der Waals surface area contributed by atoms with Crippen LogP contribution in [-0.4, -0.2) is 49.9 Å². The normalized spacial score (nSPS) is 11.6. The number of nitrogens with two attached hydrogens (primary N) is 2. The fourth-order valence-electron chi connectivity index (χ4n) is 3.42. The molecule has 0 aromatic rings. The number of nitrogens with zero attached hydrogens (tertiary/aromatic N) is 1. The first-order valence-electron chi connectivity index (χ1n) is 11.8. The fourth-order valence-corrected chi connectivity index (χ4v) is 4.15. The predicted octanol–water partition coefficient (Wildman–Crippen LogP) is 4.92. The van der Waals surface area contributed by atoms with Crippen molar-refractivity contribution in [3.05, 3.63) is 0 Å². The number of nitrogens with one attached hydrogen (secondary N) is 1. The van der Waals surface area contributed by atoms with Gasteiger partial charge in [-0.15, -0.1) is 0 Å². The second kappa shape index (κ2) is 24.2. The molecule has 0 amide bonds. The van der Waals surface area contributed by atoms with Gasteiger partial charge in [0.25, 0.3) is 0 Å². The smallest absolute Gasteiger partial charge is 0.0186 e. The van der Waals surface area contributed by atoms with Crippen LogP contribution in [-0.2, 0) is 0 Å². The highest BCUT2D eigenvalue weighted by Gasteiger charge is 2.01. The van der Waals surface area contributed by atoms with Gasteiger partial charge in [0.05, 0.1) is 0 Å². The van der Waals surface area contributed by atoms with E-state index in [0.717, 1.165) is 26.2 Å². The molecule has 0 spiro atoms. The number of hydrogen-bond acceptors (Lipinski definition) is 5. The molecule has 0 unspecified atom stereocenters. The Hall–Kier alpha value is 0.190. The van der Waals surface area contributed by atoms with Gasteiger partial charge in [0.1, 0.15) is 0 Å². The molecule has 0 aliphatic rings. The predicted molar refractivity (Wildman–Crippen MR) is 125 cm³/mol. The van der Waals surface area contributed by atoms with Crippen LogP contribution in [0.15, 0.2) is 0 Å². The second-order valence-corrected chi connectivity index (χ2v) is 8.74. The van der Waals surface area contributed by atoms with Gasteiger partial charge in [0.15, 0.2) is 0 Å². The quantitative estimate of drug-likeness (QED) is 0.167. The topological polar surface area (TPSA) is 67.3 Å². The maximum absolute atomic E-state index is 5.62. The zero-order valence-corrected chi connectivity index (χ0v) is 19.2. The third kappa shape index (κ3) is 22.3. The van der Waals surface area contributed by atoms with Crippen LogP contribution in [0.3, 0.4) is 0 Å². The van der Waals surface area contributed by atoms with E-state index in [-0.39, 0.29) is 0 Å². The molecule has 27 heavy (non-hydrogen) atoms. The van der Waals surface area contributed by atoms with Gasteiger partial charge in [0, 0.05) is 45.0 Å². The van der Waals surface area contributed by atoms with Gasteiger partial charge in [0.2, 0.25) is 0 Å². The molecule has 0 saturated carbocycles. The summed E-state index contributed by atoms with van der Waals surface area (Å²) in [4.78, 5) is 2.33. The lowest BCUT2D eigenvalue weighted by atomic mass is 10.0. The molecule has 0 aromatic heterocycles. The van der Waals surface area contributed by atoms with Crippen molar-refractivity contribution in [3.63, 3.8) is 0 Å². The Morgan fingerprint density at radius 3 is 1.52 bits per heavy atom. The molecule has 0 aromatic carbocycles. The molecule has 0 aliphatic heterocycles. The molecule has 4 nitrogen and oxygen atoms in total. The number of unbranched alkanes of at least 4 members (excludes halogenated alkanes) is 13. The first-order chi connectivity index (χ1) is 13.3. The van der Waals surface area contributed by atoms with Gasteiger partial charge in [-0.05, 0) is 6.42 Å². The maximum Gasteiger partial charge on any atom is 0.0186 e. The lowest BCUT2D eigenvalue weighted by molar-refractivity contribution is 0.294. The fraction of sp³-hybridized carbons (Fsp3) is 1.00. The zero-order valence-electron chi connectivity index (χ0n) is 18.4. The summed E-state index contributed by atoms with van der Waals surface area (Å²) in [5.41, 5.74) is 11.2. The Balaban J connectivity index is 3.12. The summed E-state index contributed by atoms with van der Waals surface area (Å²) in [6.07, 6.45) is 20.0. The van der Waals surface area contributed by atoms with Crippen LogP contribution in [0.25, 0.3) is 0 Å². The van der Waals surface area contributed by atoms with Gasteiger partial charge in [-0.25, -0.2) is 0 Å². The molecule has 0 atom stereocenters. The average Bonchev–Trinajstić information content (AvgIpc) is 2.67. The third-order valence-corrected chi connectivity index (χ3v) is 6.02. The highest BCUT2D eigenvalue weighted by molar-refractivity contribution is 7.97. The van der Waals surface area contributed by atoms with E-state index in [2.05, 4.69) is 16.5 Å². The Morgan fingerprint density at radius 2 is 1.07 bits per heavy atom. The van der Waals surface area contributed by atoms with Gasteiger partial charge in [-0.1, -0.05) is 102 Å². The van der Waals surface area contributed by atoms with Crippen molar-refractivity contribution in [2.45, 2.75) is 96.8 Å². The molecule has 0 rings (SSSR count). The minimum absolute atomic E-state index is 0.714. The van der Waals surface area contributed by atoms with Crippen molar-refractivity contribution in [2.24, 2.45) is 11.5 Å². The molecule has 0 saturated heterocycles. The first kappa shape index (κ1) is 27.2. The molecule has 0 bridgehead atoms. The van der Waals surface area contributed by atoms with E-state index in [1.54, 1.807) is 0 Å². The van der Waals surface area contributed by atoms with E-state index in [4.69, 9.17) is 11.5 Å². The highest BCUT2D eigenvalue weighted by Crippen LogP contribution is 2.13. The Labute approximate surface area is 175 Å². The molecule has 0 fully saturated rings. The van der Waals surface area contributed by atoms with Gasteiger partial charge in [-0.2, -0.15) is 0 Å². The van der Waals surface area contributed by atoms with Gasteiger partial charge < -0.3 is 11.5 Å². The van der Waals surface area contributed by atoms with E-state index in [1.165, 1.54) is 95.6 Å². The molecule has 164 valence electrons. The van der Waals surface area contributed by atoms with Crippen LogP contribution in [0.2, 0.25) is 0 Å². The summed E-state index contributed by atoms with van der Waals surface area (Å²) >= 11 is 1.88. The monoisotopic (exact) mass is 402 g/mol. The van der Waals surface area contributed by atoms with Crippen molar-refractivity contribution in [1.82, 2.24) is 9.62 Å². The Bertz CT molecular complexity index is 261. The van der Waals surface area contributed by atoms with Crippen molar-refractivity contribution in [2.75, 3.05) is 45.0 Å². The average molecular weight is 403 g/mol. The number of hydrogen-bond donors (Lipinski definition) is 3.